The molecule has 11 heavy (non-hydrogen) atoms. The van der Waals surface area contributed by atoms with Crippen molar-refractivity contribution in [2.75, 3.05) is 18.1 Å². The summed E-state index contributed by atoms with van der Waals surface area (Å²) < 4.78 is 0. The van der Waals surface area contributed by atoms with Crippen molar-refractivity contribution in [2.24, 2.45) is 5.41 Å². The van der Waals surface area contributed by atoms with Crippen molar-refractivity contribution in [2.45, 2.75) is 13.8 Å². The number of amides is 1. The summed E-state index contributed by atoms with van der Waals surface area (Å²) in [5.41, 5.74) is -0.369. The van der Waals surface area contributed by atoms with Crippen LogP contribution in [-0.4, -0.2) is 24.0 Å². The molecule has 0 radical (unpaired) electrons. The summed E-state index contributed by atoms with van der Waals surface area (Å²) >= 11 is 8.07. The van der Waals surface area contributed by atoms with E-state index in [1.54, 1.807) is 0 Å². The van der Waals surface area contributed by atoms with Crippen molar-refractivity contribution >= 4 is 31.2 Å². The van der Waals surface area contributed by atoms with Crippen molar-refractivity contribution in [1.29, 1.82) is 0 Å². The zero-order chi connectivity index (χ0) is 8.91. The third kappa shape index (κ3) is 3.91. The van der Waals surface area contributed by atoms with Gasteiger partial charge in [0.1, 0.15) is 0 Å². The minimum atomic E-state index is -0.369. The fourth-order valence-electron chi connectivity index (χ4n) is 0.481. The largest absolute Gasteiger partial charge is 0.355 e. The van der Waals surface area contributed by atoms with Gasteiger partial charge in [-0.2, -0.15) is 25.3 Å². The van der Waals surface area contributed by atoms with E-state index in [1.807, 2.05) is 13.8 Å². The maximum Gasteiger partial charge on any atom is 0.226 e. The molecular formula is C7H15NOS2. The van der Waals surface area contributed by atoms with E-state index >= 15 is 0 Å². The molecule has 0 atom stereocenters. The van der Waals surface area contributed by atoms with Crippen LogP contribution >= 0.6 is 25.3 Å². The van der Waals surface area contributed by atoms with Crippen molar-refractivity contribution in [1.82, 2.24) is 5.32 Å². The van der Waals surface area contributed by atoms with Crippen molar-refractivity contribution in [3.63, 3.8) is 0 Å². The second-order valence-electron chi connectivity index (χ2n) is 3.02. The van der Waals surface area contributed by atoms with E-state index in [0.717, 1.165) is 0 Å². The predicted molar refractivity (Wildman–Crippen MR) is 54.5 cm³/mol. The minimum Gasteiger partial charge on any atom is -0.355 e. The topological polar surface area (TPSA) is 29.1 Å². The molecule has 66 valence electrons. The van der Waals surface area contributed by atoms with E-state index in [2.05, 4.69) is 30.6 Å². The van der Waals surface area contributed by atoms with Crippen LogP contribution in [0.1, 0.15) is 13.8 Å². The molecule has 0 heterocycles. The van der Waals surface area contributed by atoms with Crippen molar-refractivity contribution < 1.29 is 4.79 Å². The van der Waals surface area contributed by atoms with E-state index in [4.69, 9.17) is 0 Å². The van der Waals surface area contributed by atoms with Crippen molar-refractivity contribution in [3.05, 3.63) is 0 Å². The monoisotopic (exact) mass is 193 g/mol. The average Bonchev–Trinajstić information content (AvgIpc) is 2.00. The van der Waals surface area contributed by atoms with Crippen LogP contribution in [-0.2, 0) is 4.79 Å². The Labute approximate surface area is 79.0 Å². The second-order valence-corrected chi connectivity index (χ2v) is 3.78. The van der Waals surface area contributed by atoms with Crippen molar-refractivity contribution in [3.8, 4) is 0 Å². The van der Waals surface area contributed by atoms with Gasteiger partial charge in [-0.1, -0.05) is 13.8 Å². The summed E-state index contributed by atoms with van der Waals surface area (Å²) in [6, 6.07) is 0. The molecule has 0 bridgehead atoms. The number of rotatable bonds is 4. The second kappa shape index (κ2) is 4.93. The first kappa shape index (κ1) is 11.2. The van der Waals surface area contributed by atoms with Gasteiger partial charge in [-0.15, -0.1) is 0 Å². The molecule has 0 saturated heterocycles. The van der Waals surface area contributed by atoms with Crippen LogP contribution < -0.4 is 5.32 Å². The van der Waals surface area contributed by atoms with Crippen LogP contribution in [0.3, 0.4) is 0 Å². The van der Waals surface area contributed by atoms with Crippen LogP contribution in [0.5, 0.6) is 0 Å². The molecule has 1 N–H and O–H groups in total. The Bertz CT molecular complexity index is 136. The molecule has 4 heteroatoms. The lowest BCUT2D eigenvalue weighted by Crippen LogP contribution is -2.38. The van der Waals surface area contributed by atoms with Gasteiger partial charge in [0, 0.05) is 18.1 Å². The highest BCUT2D eigenvalue weighted by Crippen LogP contribution is 2.16. The van der Waals surface area contributed by atoms with Crippen LogP contribution in [0.25, 0.3) is 0 Å². The SMILES string of the molecule is CC(C)(CS)C(=O)NCCS. The molecule has 2 nitrogen and oxygen atoms in total. The number of hydrogen-bond acceptors (Lipinski definition) is 3. The fraction of sp³-hybridized carbons (Fsp3) is 0.857. The smallest absolute Gasteiger partial charge is 0.226 e. The Morgan fingerprint density at radius 2 is 2.00 bits per heavy atom. The maximum absolute atomic E-state index is 11.3. The number of thiol groups is 2. The third-order valence-corrected chi connectivity index (χ3v) is 2.42. The lowest BCUT2D eigenvalue weighted by molar-refractivity contribution is -0.128. The molecule has 0 fully saturated rings. The average molecular weight is 193 g/mol. The Morgan fingerprint density at radius 1 is 1.45 bits per heavy atom. The van der Waals surface area contributed by atoms with Crippen LogP contribution in [0.4, 0.5) is 0 Å². The highest BCUT2D eigenvalue weighted by Gasteiger charge is 2.24. The highest BCUT2D eigenvalue weighted by molar-refractivity contribution is 7.80. The molecule has 0 saturated carbocycles. The Balaban J connectivity index is 3.82. The predicted octanol–water partition coefficient (Wildman–Crippen LogP) is 0.988. The van der Waals surface area contributed by atoms with E-state index in [0.29, 0.717) is 18.1 Å². The first-order chi connectivity index (χ1) is 5.04. The molecule has 0 aliphatic heterocycles. The molecule has 0 aliphatic rings. The summed E-state index contributed by atoms with van der Waals surface area (Å²) in [6.07, 6.45) is 0. The zero-order valence-electron chi connectivity index (χ0n) is 6.92. The van der Waals surface area contributed by atoms with Gasteiger partial charge < -0.3 is 5.32 Å². The van der Waals surface area contributed by atoms with Gasteiger partial charge >= 0.3 is 0 Å². The first-order valence-electron chi connectivity index (χ1n) is 3.54. The Morgan fingerprint density at radius 3 is 2.36 bits per heavy atom. The van der Waals surface area contributed by atoms with Gasteiger partial charge in [0.05, 0.1) is 5.41 Å². The van der Waals surface area contributed by atoms with Gasteiger partial charge in [0.25, 0.3) is 0 Å². The molecule has 0 unspecified atom stereocenters. The molecule has 0 spiro atoms. The standard InChI is InChI=1S/C7H15NOS2/c1-7(2,5-11)6(9)8-3-4-10/h10-11H,3-5H2,1-2H3,(H,8,9). The third-order valence-electron chi connectivity index (χ3n) is 1.41. The van der Waals surface area contributed by atoms with E-state index in [-0.39, 0.29) is 11.3 Å². The van der Waals surface area contributed by atoms with E-state index in [1.165, 1.54) is 0 Å². The molecule has 0 aromatic carbocycles. The molecule has 0 aliphatic carbocycles. The number of carbonyl (C=O) groups excluding carboxylic acids is 1. The lowest BCUT2D eigenvalue weighted by Gasteiger charge is -2.20. The summed E-state index contributed by atoms with van der Waals surface area (Å²) in [5, 5.41) is 2.76. The van der Waals surface area contributed by atoms with Gasteiger partial charge in [0.15, 0.2) is 0 Å². The van der Waals surface area contributed by atoms with E-state index in [9.17, 15) is 4.79 Å². The molecule has 1 amide bonds. The Hall–Kier alpha value is 0.170. The minimum absolute atomic E-state index is 0.0431. The highest BCUT2D eigenvalue weighted by atomic mass is 32.1. The fourth-order valence-corrected chi connectivity index (χ4v) is 0.736. The number of carbonyl (C=O) groups is 1. The molecule has 0 rings (SSSR count). The van der Waals surface area contributed by atoms with Crippen LogP contribution in [0.2, 0.25) is 0 Å². The zero-order valence-corrected chi connectivity index (χ0v) is 8.71. The molecule has 0 aromatic heterocycles. The maximum atomic E-state index is 11.3. The number of hydrogen-bond donors (Lipinski definition) is 3. The molecular weight excluding hydrogens is 178 g/mol. The van der Waals surface area contributed by atoms with Crippen LogP contribution in [0.15, 0.2) is 0 Å². The summed E-state index contributed by atoms with van der Waals surface area (Å²) in [7, 11) is 0. The summed E-state index contributed by atoms with van der Waals surface area (Å²) in [5.74, 6) is 1.28. The van der Waals surface area contributed by atoms with Gasteiger partial charge in [-0.25, -0.2) is 0 Å². The Kier molecular flexibility index (Phi) is 5.01. The normalized spacial score (nSPS) is 11.3. The van der Waals surface area contributed by atoms with E-state index < -0.39 is 0 Å². The van der Waals surface area contributed by atoms with Gasteiger partial charge in [0.2, 0.25) is 5.91 Å². The number of nitrogens with one attached hydrogen (secondary N) is 1. The summed E-state index contributed by atoms with van der Waals surface area (Å²) in [6.45, 7) is 4.36. The van der Waals surface area contributed by atoms with Gasteiger partial charge in [-0.3, -0.25) is 4.79 Å². The van der Waals surface area contributed by atoms with Crippen LogP contribution in [0, 0.1) is 5.41 Å². The lowest BCUT2D eigenvalue weighted by atomic mass is 9.95. The molecule has 0 aromatic rings. The summed E-state index contributed by atoms with van der Waals surface area (Å²) in [4.78, 5) is 11.3. The first-order valence-corrected chi connectivity index (χ1v) is 4.81. The van der Waals surface area contributed by atoms with Gasteiger partial charge in [-0.05, 0) is 0 Å². The quantitative estimate of drug-likeness (QED) is 0.571.